The number of thiophene rings is 1. The summed E-state index contributed by atoms with van der Waals surface area (Å²) in [5, 5.41) is 5.25. The highest BCUT2D eigenvalue weighted by Crippen LogP contribution is 2.37. The zero-order chi connectivity index (χ0) is 23.8. The number of carbonyl (C=O) groups is 3. The Morgan fingerprint density at radius 3 is 2.76 bits per heavy atom. The summed E-state index contributed by atoms with van der Waals surface area (Å²) in [6, 6.07) is 1.52. The molecule has 8 nitrogen and oxygen atoms in total. The van der Waals surface area contributed by atoms with E-state index in [9.17, 15) is 14.4 Å². The van der Waals surface area contributed by atoms with Crippen LogP contribution in [-0.4, -0.2) is 68.0 Å². The fourth-order valence-electron chi connectivity index (χ4n) is 4.51. The number of nitrogens with one attached hydrogen (secondary N) is 2. The lowest BCUT2D eigenvalue weighted by molar-refractivity contribution is -0.129. The molecular formula is C24H30N4O4S. The number of likely N-dealkylation sites (N-methyl/N-ethyl adjacent to an activating group) is 1. The van der Waals surface area contributed by atoms with Gasteiger partial charge in [-0.2, -0.15) is 0 Å². The zero-order valence-corrected chi connectivity index (χ0v) is 20.1. The lowest BCUT2D eigenvalue weighted by atomic mass is 9.95. The molecule has 4 heterocycles. The standard InChI is InChI=1S/C24H30N4O4S/c1-15(32-4)6-5-7-18-13-28(21(29)16(18)2)14-24(22(30)25-23(31)26-24)20-12-17-8-10-27(3)11-9-19(17)33-20/h5-6,12H,1,7-11,13-14H2,2-4H3,(H2,25,26,30,31)/b6-5-/t24-/m0/s1. The van der Waals surface area contributed by atoms with E-state index in [-0.39, 0.29) is 12.5 Å². The van der Waals surface area contributed by atoms with Crippen molar-refractivity contribution in [2.45, 2.75) is 31.7 Å². The lowest BCUT2D eigenvalue weighted by Gasteiger charge is -2.30. The first-order valence-corrected chi connectivity index (χ1v) is 11.9. The first-order valence-electron chi connectivity index (χ1n) is 11.0. The van der Waals surface area contributed by atoms with Crippen molar-refractivity contribution in [3.8, 4) is 0 Å². The molecule has 0 aromatic carbocycles. The molecule has 4 amide bonds. The lowest BCUT2D eigenvalue weighted by Crippen LogP contribution is -2.52. The van der Waals surface area contributed by atoms with Crippen LogP contribution in [0.2, 0.25) is 0 Å². The van der Waals surface area contributed by atoms with Gasteiger partial charge in [0.25, 0.3) is 5.91 Å². The highest BCUT2D eigenvalue weighted by atomic mass is 32.1. The number of rotatable bonds is 7. The summed E-state index contributed by atoms with van der Waals surface area (Å²) >= 11 is 1.57. The van der Waals surface area contributed by atoms with Gasteiger partial charge in [-0.05, 0) is 56.5 Å². The maximum atomic E-state index is 13.1. The van der Waals surface area contributed by atoms with Crippen molar-refractivity contribution >= 4 is 29.2 Å². The van der Waals surface area contributed by atoms with Gasteiger partial charge in [0.2, 0.25) is 5.91 Å². The quantitative estimate of drug-likeness (QED) is 0.362. The molecule has 3 aliphatic rings. The van der Waals surface area contributed by atoms with Crippen molar-refractivity contribution < 1.29 is 19.1 Å². The van der Waals surface area contributed by atoms with Gasteiger partial charge in [-0.3, -0.25) is 14.9 Å². The molecule has 1 atom stereocenters. The van der Waals surface area contributed by atoms with Gasteiger partial charge in [0.15, 0.2) is 5.54 Å². The highest BCUT2D eigenvalue weighted by Gasteiger charge is 2.51. The van der Waals surface area contributed by atoms with Gasteiger partial charge in [0.1, 0.15) is 5.76 Å². The number of carbonyl (C=O) groups excluding carboxylic acids is 3. The molecule has 4 rings (SSSR count). The number of imide groups is 1. The fraction of sp³-hybridized carbons (Fsp3) is 0.458. The van der Waals surface area contributed by atoms with E-state index < -0.39 is 17.5 Å². The number of amides is 4. The zero-order valence-electron chi connectivity index (χ0n) is 19.3. The van der Waals surface area contributed by atoms with Crippen LogP contribution in [0.3, 0.4) is 0 Å². The third kappa shape index (κ3) is 4.47. The minimum absolute atomic E-state index is 0.0953. The second-order valence-corrected chi connectivity index (χ2v) is 9.98. The SMILES string of the molecule is C=C(/C=C\CC1=C(C)C(=O)N(C[C@@]2(c3cc4c(s3)CCN(C)CC4)NC(=O)NC2=O)C1)OC. The van der Waals surface area contributed by atoms with Crippen LogP contribution in [-0.2, 0) is 32.7 Å². The van der Waals surface area contributed by atoms with Crippen LogP contribution in [0.25, 0.3) is 0 Å². The van der Waals surface area contributed by atoms with E-state index in [4.69, 9.17) is 4.74 Å². The number of ether oxygens (including phenoxy) is 1. The van der Waals surface area contributed by atoms with E-state index in [1.807, 2.05) is 12.1 Å². The molecule has 0 spiro atoms. The average molecular weight is 471 g/mol. The summed E-state index contributed by atoms with van der Waals surface area (Å²) in [6.45, 7) is 7.99. The molecule has 0 unspecified atom stereocenters. The smallest absolute Gasteiger partial charge is 0.322 e. The van der Waals surface area contributed by atoms with Gasteiger partial charge in [0.05, 0.1) is 13.7 Å². The van der Waals surface area contributed by atoms with E-state index >= 15 is 0 Å². The minimum atomic E-state index is -1.27. The number of nitrogens with zero attached hydrogens (tertiary/aromatic N) is 2. The molecule has 0 radical (unpaired) electrons. The van der Waals surface area contributed by atoms with Crippen LogP contribution in [0.4, 0.5) is 4.79 Å². The molecule has 1 aromatic heterocycles. The second-order valence-electron chi connectivity index (χ2n) is 8.84. The Hall–Kier alpha value is -2.91. The van der Waals surface area contributed by atoms with Crippen LogP contribution in [0.5, 0.6) is 0 Å². The third-order valence-corrected chi connectivity index (χ3v) is 8.02. The Labute approximate surface area is 198 Å². The van der Waals surface area contributed by atoms with Gasteiger partial charge >= 0.3 is 6.03 Å². The van der Waals surface area contributed by atoms with Crippen molar-refractivity contribution in [2.24, 2.45) is 0 Å². The van der Waals surface area contributed by atoms with Gasteiger partial charge in [0, 0.05) is 35.0 Å². The van der Waals surface area contributed by atoms with Crippen molar-refractivity contribution in [3.05, 3.63) is 57.0 Å². The molecule has 9 heteroatoms. The Morgan fingerprint density at radius 2 is 2.06 bits per heavy atom. The second kappa shape index (κ2) is 9.15. The van der Waals surface area contributed by atoms with Crippen LogP contribution in [0.15, 0.2) is 41.7 Å². The topological polar surface area (TPSA) is 91.0 Å². The van der Waals surface area contributed by atoms with Gasteiger partial charge in [-0.25, -0.2) is 4.79 Å². The normalized spacial score (nSPS) is 23.7. The Morgan fingerprint density at radius 1 is 1.30 bits per heavy atom. The number of hydrogen-bond acceptors (Lipinski definition) is 6. The van der Waals surface area contributed by atoms with Gasteiger partial charge in [-0.1, -0.05) is 12.7 Å². The van der Waals surface area contributed by atoms with Crippen LogP contribution in [0.1, 0.15) is 28.7 Å². The first-order chi connectivity index (χ1) is 15.7. The average Bonchev–Trinajstić information content (AvgIpc) is 3.37. The van der Waals surface area contributed by atoms with E-state index in [1.54, 1.807) is 36.3 Å². The number of methoxy groups -OCH3 is 1. The molecule has 0 saturated carbocycles. The predicted octanol–water partition coefficient (Wildman–Crippen LogP) is 2.08. The molecule has 0 bridgehead atoms. The minimum Gasteiger partial charge on any atom is -0.497 e. The van der Waals surface area contributed by atoms with Crippen LogP contribution >= 0.6 is 11.3 Å². The number of fused-ring (bicyclic) bond motifs is 1. The van der Waals surface area contributed by atoms with E-state index in [2.05, 4.69) is 29.2 Å². The molecule has 0 aliphatic carbocycles. The number of allylic oxidation sites excluding steroid dienone is 2. The van der Waals surface area contributed by atoms with Gasteiger partial charge < -0.3 is 19.9 Å². The van der Waals surface area contributed by atoms with Crippen molar-refractivity contribution in [1.29, 1.82) is 0 Å². The largest absolute Gasteiger partial charge is 0.497 e. The van der Waals surface area contributed by atoms with E-state index in [0.29, 0.717) is 24.3 Å². The maximum Gasteiger partial charge on any atom is 0.322 e. The Balaban J connectivity index is 1.58. The molecule has 33 heavy (non-hydrogen) atoms. The summed E-state index contributed by atoms with van der Waals surface area (Å²) in [6.07, 6.45) is 6.09. The summed E-state index contributed by atoms with van der Waals surface area (Å²) < 4.78 is 5.04. The van der Waals surface area contributed by atoms with Crippen LogP contribution < -0.4 is 10.6 Å². The Bertz CT molecular complexity index is 1050. The van der Waals surface area contributed by atoms with Crippen molar-refractivity contribution in [3.63, 3.8) is 0 Å². The van der Waals surface area contributed by atoms with Crippen molar-refractivity contribution in [2.75, 3.05) is 40.3 Å². The highest BCUT2D eigenvalue weighted by molar-refractivity contribution is 7.12. The van der Waals surface area contributed by atoms with Gasteiger partial charge in [-0.15, -0.1) is 11.3 Å². The summed E-state index contributed by atoms with van der Waals surface area (Å²) in [5.74, 6) is 0.0237. The maximum absolute atomic E-state index is 13.1. The number of hydrogen-bond donors (Lipinski definition) is 2. The molecule has 1 aromatic rings. The predicted molar refractivity (Wildman–Crippen MR) is 127 cm³/mol. The summed E-state index contributed by atoms with van der Waals surface area (Å²) in [4.78, 5) is 44.3. The van der Waals surface area contributed by atoms with E-state index in [0.717, 1.165) is 36.4 Å². The molecule has 1 fully saturated rings. The van der Waals surface area contributed by atoms with E-state index in [1.165, 1.54) is 10.4 Å². The molecule has 3 aliphatic heterocycles. The fourth-order valence-corrected chi connectivity index (χ4v) is 5.85. The first kappa shape index (κ1) is 23.3. The third-order valence-electron chi connectivity index (χ3n) is 6.62. The van der Waals surface area contributed by atoms with Crippen molar-refractivity contribution in [1.82, 2.24) is 20.4 Å². The molecular weight excluding hydrogens is 440 g/mol. The summed E-state index contributed by atoms with van der Waals surface area (Å²) in [7, 11) is 3.66. The monoisotopic (exact) mass is 470 g/mol. The molecule has 1 saturated heterocycles. The molecule has 176 valence electrons. The summed E-state index contributed by atoms with van der Waals surface area (Å²) in [5.41, 5.74) is 1.60. The van der Waals surface area contributed by atoms with Crippen LogP contribution in [0, 0.1) is 0 Å². The molecule has 2 N–H and O–H groups in total. The number of urea groups is 1. The Kier molecular flexibility index (Phi) is 6.45.